The lowest BCUT2D eigenvalue weighted by molar-refractivity contribution is 0.309. The van der Waals surface area contributed by atoms with Crippen molar-refractivity contribution >= 4 is 20.8 Å². The van der Waals surface area contributed by atoms with E-state index in [-0.39, 0.29) is 11.4 Å². The number of unbranched alkanes of at least 4 members (excludes halogenated alkanes) is 2. The SMILES string of the molecule is C=CCNS(=O)(=O)c1ccc(OCCCCC)c2ccccc12. The lowest BCUT2D eigenvalue weighted by Crippen LogP contribution is -2.23. The van der Waals surface area contributed by atoms with Crippen LogP contribution in [0, 0.1) is 0 Å². The van der Waals surface area contributed by atoms with Gasteiger partial charge in [-0.05, 0) is 18.6 Å². The molecule has 124 valence electrons. The van der Waals surface area contributed by atoms with Crippen LogP contribution in [0.2, 0.25) is 0 Å². The number of benzene rings is 2. The van der Waals surface area contributed by atoms with Crippen LogP contribution in [0.15, 0.2) is 53.9 Å². The highest BCUT2D eigenvalue weighted by atomic mass is 32.2. The first kappa shape index (κ1) is 17.5. The van der Waals surface area contributed by atoms with E-state index in [0.29, 0.717) is 12.0 Å². The number of hydrogen-bond acceptors (Lipinski definition) is 3. The molecule has 0 aliphatic heterocycles. The van der Waals surface area contributed by atoms with Crippen molar-refractivity contribution < 1.29 is 13.2 Å². The molecule has 0 bridgehead atoms. The van der Waals surface area contributed by atoms with Crippen LogP contribution in [-0.2, 0) is 10.0 Å². The Labute approximate surface area is 138 Å². The van der Waals surface area contributed by atoms with Crippen molar-refractivity contribution in [1.82, 2.24) is 4.72 Å². The van der Waals surface area contributed by atoms with Gasteiger partial charge in [-0.15, -0.1) is 6.58 Å². The predicted molar refractivity (Wildman–Crippen MR) is 94.4 cm³/mol. The topological polar surface area (TPSA) is 55.4 Å². The Morgan fingerprint density at radius 1 is 1.13 bits per heavy atom. The summed E-state index contributed by atoms with van der Waals surface area (Å²) >= 11 is 0. The number of hydrogen-bond donors (Lipinski definition) is 1. The van der Waals surface area contributed by atoms with Crippen molar-refractivity contribution in [2.75, 3.05) is 13.2 Å². The van der Waals surface area contributed by atoms with E-state index >= 15 is 0 Å². The van der Waals surface area contributed by atoms with E-state index in [1.807, 2.05) is 18.2 Å². The zero-order valence-corrected chi connectivity index (χ0v) is 14.2. The normalized spacial score (nSPS) is 11.5. The van der Waals surface area contributed by atoms with Crippen molar-refractivity contribution in [3.63, 3.8) is 0 Å². The second-order valence-corrected chi connectivity index (χ2v) is 7.04. The lowest BCUT2D eigenvalue weighted by Gasteiger charge is -2.13. The van der Waals surface area contributed by atoms with E-state index < -0.39 is 10.0 Å². The molecule has 0 unspecified atom stereocenters. The fourth-order valence-electron chi connectivity index (χ4n) is 2.38. The molecule has 0 spiro atoms. The fourth-order valence-corrected chi connectivity index (χ4v) is 3.59. The second kappa shape index (κ2) is 8.13. The molecule has 0 aromatic heterocycles. The van der Waals surface area contributed by atoms with Crippen LogP contribution >= 0.6 is 0 Å². The number of sulfonamides is 1. The van der Waals surface area contributed by atoms with Gasteiger partial charge in [-0.1, -0.05) is 50.1 Å². The molecule has 2 aromatic rings. The quantitative estimate of drug-likeness (QED) is 0.560. The zero-order chi connectivity index (χ0) is 16.7. The van der Waals surface area contributed by atoms with Gasteiger partial charge in [0.1, 0.15) is 5.75 Å². The Morgan fingerprint density at radius 2 is 1.87 bits per heavy atom. The van der Waals surface area contributed by atoms with Gasteiger partial charge in [-0.3, -0.25) is 0 Å². The van der Waals surface area contributed by atoms with Gasteiger partial charge < -0.3 is 4.74 Å². The number of ether oxygens (including phenoxy) is 1. The second-order valence-electron chi connectivity index (χ2n) is 5.30. The molecular weight excluding hydrogens is 310 g/mol. The Balaban J connectivity index is 2.37. The molecule has 0 atom stereocenters. The Bertz CT molecular complexity index is 769. The van der Waals surface area contributed by atoms with Gasteiger partial charge >= 0.3 is 0 Å². The molecule has 0 aliphatic rings. The van der Waals surface area contributed by atoms with Crippen molar-refractivity contribution in [1.29, 1.82) is 0 Å². The highest BCUT2D eigenvalue weighted by molar-refractivity contribution is 7.89. The lowest BCUT2D eigenvalue weighted by atomic mass is 10.1. The molecule has 4 nitrogen and oxygen atoms in total. The van der Waals surface area contributed by atoms with Crippen LogP contribution in [0.1, 0.15) is 26.2 Å². The molecule has 23 heavy (non-hydrogen) atoms. The summed E-state index contributed by atoms with van der Waals surface area (Å²) in [5.41, 5.74) is 0. The van der Waals surface area contributed by atoms with Crippen molar-refractivity contribution in [2.24, 2.45) is 0 Å². The first-order valence-corrected chi connectivity index (χ1v) is 9.33. The predicted octanol–water partition coefficient (Wildman–Crippen LogP) is 3.87. The summed E-state index contributed by atoms with van der Waals surface area (Å²) in [6.45, 7) is 6.52. The highest BCUT2D eigenvalue weighted by Crippen LogP contribution is 2.31. The summed E-state index contributed by atoms with van der Waals surface area (Å²) in [5, 5.41) is 1.47. The third kappa shape index (κ3) is 4.33. The molecule has 0 saturated carbocycles. The minimum absolute atomic E-state index is 0.200. The highest BCUT2D eigenvalue weighted by Gasteiger charge is 2.18. The zero-order valence-electron chi connectivity index (χ0n) is 13.4. The minimum atomic E-state index is -3.57. The molecule has 0 fully saturated rings. The smallest absolute Gasteiger partial charge is 0.241 e. The largest absolute Gasteiger partial charge is 0.493 e. The van der Waals surface area contributed by atoms with E-state index in [4.69, 9.17) is 4.74 Å². The first-order chi connectivity index (χ1) is 11.1. The summed E-state index contributed by atoms with van der Waals surface area (Å²) in [4.78, 5) is 0.260. The van der Waals surface area contributed by atoms with E-state index in [1.54, 1.807) is 18.2 Å². The average Bonchev–Trinajstić information content (AvgIpc) is 2.56. The van der Waals surface area contributed by atoms with Crippen LogP contribution in [0.3, 0.4) is 0 Å². The van der Waals surface area contributed by atoms with Crippen molar-refractivity contribution in [3.8, 4) is 5.75 Å². The molecule has 0 heterocycles. The molecular formula is C18H23NO3S. The maximum Gasteiger partial charge on any atom is 0.241 e. The van der Waals surface area contributed by atoms with Crippen LogP contribution in [0.5, 0.6) is 5.75 Å². The van der Waals surface area contributed by atoms with Gasteiger partial charge in [0.05, 0.1) is 11.5 Å². The van der Waals surface area contributed by atoms with Crippen LogP contribution in [0.4, 0.5) is 0 Å². The van der Waals surface area contributed by atoms with Crippen LogP contribution < -0.4 is 9.46 Å². The fraction of sp³-hybridized carbons (Fsp3) is 0.333. The van der Waals surface area contributed by atoms with Gasteiger partial charge in [0.2, 0.25) is 10.0 Å². The summed E-state index contributed by atoms with van der Waals surface area (Å²) in [6.07, 6.45) is 4.77. The van der Waals surface area contributed by atoms with Crippen molar-refractivity contribution in [2.45, 2.75) is 31.1 Å². The Morgan fingerprint density at radius 3 is 2.57 bits per heavy atom. The Kier molecular flexibility index (Phi) is 6.19. The monoisotopic (exact) mass is 333 g/mol. The van der Waals surface area contributed by atoms with E-state index in [0.717, 1.165) is 30.4 Å². The summed E-state index contributed by atoms with van der Waals surface area (Å²) < 4.78 is 33.2. The van der Waals surface area contributed by atoms with Gasteiger partial charge in [0.25, 0.3) is 0 Å². The molecule has 0 amide bonds. The molecule has 5 heteroatoms. The van der Waals surface area contributed by atoms with Gasteiger partial charge in [-0.25, -0.2) is 13.1 Å². The third-order valence-corrected chi connectivity index (χ3v) is 5.04. The first-order valence-electron chi connectivity index (χ1n) is 7.85. The maximum atomic E-state index is 12.4. The van der Waals surface area contributed by atoms with Gasteiger partial charge in [0.15, 0.2) is 0 Å². The average molecular weight is 333 g/mol. The van der Waals surface area contributed by atoms with Crippen molar-refractivity contribution in [3.05, 3.63) is 49.1 Å². The number of nitrogens with one attached hydrogen (secondary N) is 1. The van der Waals surface area contributed by atoms with Crippen LogP contribution in [-0.4, -0.2) is 21.6 Å². The van der Waals surface area contributed by atoms with Crippen LogP contribution in [0.25, 0.3) is 10.8 Å². The van der Waals surface area contributed by atoms with Gasteiger partial charge in [-0.2, -0.15) is 0 Å². The molecule has 0 saturated heterocycles. The number of rotatable bonds is 9. The molecule has 1 N–H and O–H groups in total. The maximum absolute atomic E-state index is 12.4. The Hall–Kier alpha value is -1.85. The summed E-state index contributed by atoms with van der Waals surface area (Å²) in [7, 11) is -3.57. The molecule has 2 rings (SSSR count). The summed E-state index contributed by atoms with van der Waals surface area (Å²) in [5.74, 6) is 0.722. The molecule has 0 radical (unpaired) electrons. The van der Waals surface area contributed by atoms with E-state index in [1.165, 1.54) is 6.08 Å². The third-order valence-electron chi connectivity index (χ3n) is 3.56. The van der Waals surface area contributed by atoms with Gasteiger partial charge in [0, 0.05) is 17.3 Å². The summed E-state index contributed by atoms with van der Waals surface area (Å²) in [6, 6.07) is 10.7. The molecule has 2 aromatic carbocycles. The number of fused-ring (bicyclic) bond motifs is 1. The van der Waals surface area contributed by atoms with E-state index in [2.05, 4.69) is 18.2 Å². The standard InChI is InChI=1S/C18H23NO3S/c1-3-5-8-14-22-17-11-12-18(23(20,21)19-13-4-2)16-10-7-6-9-15(16)17/h4,6-7,9-12,19H,2-3,5,8,13-14H2,1H3. The molecule has 0 aliphatic carbocycles. The minimum Gasteiger partial charge on any atom is -0.493 e. The van der Waals surface area contributed by atoms with E-state index in [9.17, 15) is 8.42 Å².